The van der Waals surface area contributed by atoms with Crippen LogP contribution >= 0.6 is 0 Å². The summed E-state index contributed by atoms with van der Waals surface area (Å²) in [6.07, 6.45) is -0.235. The highest BCUT2D eigenvalue weighted by Gasteiger charge is 2.36. The van der Waals surface area contributed by atoms with Gasteiger partial charge in [-0.2, -0.15) is 0 Å². The Kier molecular flexibility index (Phi) is 7.11. The minimum Gasteiger partial charge on any atom is -0.476 e. The number of sulfonamides is 1. The minimum atomic E-state index is -3.70. The summed E-state index contributed by atoms with van der Waals surface area (Å²) in [6, 6.07) is 15.9. The van der Waals surface area contributed by atoms with Gasteiger partial charge in [0, 0.05) is 19.8 Å². The zero-order valence-corrected chi connectivity index (χ0v) is 17.2. The van der Waals surface area contributed by atoms with Crippen molar-refractivity contribution < 1.29 is 22.7 Å². The minimum absolute atomic E-state index is 0.0660. The summed E-state index contributed by atoms with van der Waals surface area (Å²) in [5, 5.41) is 2.80. The Labute approximate surface area is 171 Å². The number of nitrogens with zero attached hydrogens (tertiary/aromatic N) is 1. The molecular weight excluding hydrogens is 392 g/mol. The first-order chi connectivity index (χ1) is 14.0. The Morgan fingerprint density at radius 3 is 2.66 bits per heavy atom. The van der Waals surface area contributed by atoms with Crippen LogP contribution in [-0.2, 0) is 25.3 Å². The molecule has 0 saturated carbocycles. The summed E-state index contributed by atoms with van der Waals surface area (Å²) in [4.78, 5) is 12.6. The standard InChI is InChI=1S/C21H26N2O5S/c1-2-27-14-8-13-22-21(24)20-15-23(18-11-6-7-12-19(18)28-20)29(25,26)16-17-9-4-3-5-10-17/h3-7,9-12,20H,2,8,13-16H2,1H3,(H,22,24). The molecule has 1 aliphatic heterocycles. The zero-order chi connectivity index (χ0) is 20.7. The van der Waals surface area contributed by atoms with E-state index in [0.717, 1.165) is 0 Å². The first-order valence-electron chi connectivity index (χ1n) is 9.66. The predicted molar refractivity (Wildman–Crippen MR) is 111 cm³/mol. The maximum absolute atomic E-state index is 13.1. The third-order valence-electron chi connectivity index (χ3n) is 4.52. The van der Waals surface area contributed by atoms with E-state index in [4.69, 9.17) is 9.47 Å². The molecule has 1 atom stereocenters. The second kappa shape index (κ2) is 9.76. The SMILES string of the molecule is CCOCCCNC(=O)C1CN(S(=O)(=O)Cc2ccccc2)c2ccccc2O1. The van der Waals surface area contributed by atoms with Gasteiger partial charge in [0.15, 0.2) is 6.10 Å². The van der Waals surface area contributed by atoms with Gasteiger partial charge >= 0.3 is 0 Å². The lowest BCUT2D eigenvalue weighted by Gasteiger charge is -2.34. The van der Waals surface area contributed by atoms with Gasteiger partial charge in [-0.3, -0.25) is 9.10 Å². The molecule has 0 radical (unpaired) electrons. The maximum atomic E-state index is 13.1. The fourth-order valence-electron chi connectivity index (χ4n) is 3.11. The van der Waals surface area contributed by atoms with Crippen LogP contribution in [0.5, 0.6) is 5.75 Å². The number of carbonyl (C=O) groups excluding carboxylic acids is 1. The summed E-state index contributed by atoms with van der Waals surface area (Å²) in [7, 11) is -3.70. The molecule has 0 saturated heterocycles. The number of amides is 1. The van der Waals surface area contributed by atoms with Crippen LogP contribution < -0.4 is 14.4 Å². The summed E-state index contributed by atoms with van der Waals surface area (Å²) < 4.78 is 38.6. The van der Waals surface area contributed by atoms with Crippen molar-refractivity contribution in [3.05, 3.63) is 60.2 Å². The van der Waals surface area contributed by atoms with Crippen LogP contribution in [-0.4, -0.2) is 46.7 Å². The quantitative estimate of drug-likeness (QED) is 0.632. The summed E-state index contributed by atoms with van der Waals surface area (Å²) in [5.41, 5.74) is 1.14. The van der Waals surface area contributed by atoms with E-state index in [0.29, 0.717) is 43.2 Å². The summed E-state index contributed by atoms with van der Waals surface area (Å²) in [6.45, 7) is 3.48. The first kappa shape index (κ1) is 21.1. The Bertz CT molecular complexity index is 918. The van der Waals surface area contributed by atoms with Crippen LogP contribution in [0.3, 0.4) is 0 Å². The van der Waals surface area contributed by atoms with E-state index >= 15 is 0 Å². The van der Waals surface area contributed by atoms with Gasteiger partial charge in [0.2, 0.25) is 10.0 Å². The third kappa shape index (κ3) is 5.48. The van der Waals surface area contributed by atoms with E-state index < -0.39 is 16.1 Å². The zero-order valence-electron chi connectivity index (χ0n) is 16.4. The molecule has 1 N–H and O–H groups in total. The molecule has 3 rings (SSSR count). The second-order valence-corrected chi connectivity index (χ2v) is 8.58. The maximum Gasteiger partial charge on any atom is 0.263 e. The van der Waals surface area contributed by atoms with Crippen molar-refractivity contribution in [3.8, 4) is 5.75 Å². The number of para-hydroxylation sites is 2. The van der Waals surface area contributed by atoms with E-state index in [-0.39, 0.29) is 18.2 Å². The molecule has 29 heavy (non-hydrogen) atoms. The number of nitrogens with one attached hydrogen (secondary N) is 1. The molecule has 0 bridgehead atoms. The van der Waals surface area contributed by atoms with Crippen LogP contribution in [0.2, 0.25) is 0 Å². The van der Waals surface area contributed by atoms with Crippen molar-refractivity contribution in [2.45, 2.75) is 25.2 Å². The highest BCUT2D eigenvalue weighted by atomic mass is 32.2. The number of benzene rings is 2. The molecule has 1 aliphatic rings. The van der Waals surface area contributed by atoms with E-state index in [1.165, 1.54) is 4.31 Å². The molecule has 0 aliphatic carbocycles. The topological polar surface area (TPSA) is 84.9 Å². The summed E-state index contributed by atoms with van der Waals surface area (Å²) in [5.74, 6) is -0.106. The molecule has 156 valence electrons. The third-order valence-corrected chi connectivity index (χ3v) is 6.24. The van der Waals surface area contributed by atoms with Gasteiger partial charge in [-0.25, -0.2) is 8.42 Å². The van der Waals surface area contributed by atoms with Crippen molar-refractivity contribution >= 4 is 21.6 Å². The lowest BCUT2D eigenvalue weighted by Crippen LogP contribution is -2.51. The number of anilines is 1. The molecule has 1 unspecified atom stereocenters. The van der Waals surface area contributed by atoms with Gasteiger partial charge in [-0.1, -0.05) is 42.5 Å². The molecule has 2 aromatic carbocycles. The molecule has 8 heteroatoms. The predicted octanol–water partition coefficient (Wildman–Crippen LogP) is 2.33. The Morgan fingerprint density at radius 2 is 1.90 bits per heavy atom. The lowest BCUT2D eigenvalue weighted by atomic mass is 10.2. The largest absolute Gasteiger partial charge is 0.476 e. The van der Waals surface area contributed by atoms with Crippen LogP contribution in [0.25, 0.3) is 0 Å². The van der Waals surface area contributed by atoms with E-state index in [2.05, 4.69) is 5.32 Å². The van der Waals surface area contributed by atoms with Gasteiger partial charge in [0.1, 0.15) is 5.75 Å². The number of hydrogen-bond donors (Lipinski definition) is 1. The van der Waals surface area contributed by atoms with E-state index in [1.807, 2.05) is 13.0 Å². The monoisotopic (exact) mass is 418 g/mol. The van der Waals surface area contributed by atoms with Crippen LogP contribution in [0.15, 0.2) is 54.6 Å². The average Bonchev–Trinajstić information content (AvgIpc) is 2.73. The smallest absolute Gasteiger partial charge is 0.263 e. The highest BCUT2D eigenvalue weighted by molar-refractivity contribution is 7.92. The second-order valence-electron chi connectivity index (χ2n) is 6.69. The summed E-state index contributed by atoms with van der Waals surface area (Å²) >= 11 is 0. The number of fused-ring (bicyclic) bond motifs is 1. The van der Waals surface area contributed by atoms with Crippen LogP contribution in [0.1, 0.15) is 18.9 Å². The molecule has 0 fully saturated rings. The van der Waals surface area contributed by atoms with E-state index in [1.54, 1.807) is 48.5 Å². The van der Waals surface area contributed by atoms with Gasteiger partial charge in [-0.15, -0.1) is 0 Å². The molecular formula is C21H26N2O5S. The van der Waals surface area contributed by atoms with Gasteiger partial charge in [0.25, 0.3) is 5.91 Å². The normalized spacial score (nSPS) is 16.0. The molecule has 7 nitrogen and oxygen atoms in total. The Hall–Kier alpha value is -2.58. The average molecular weight is 419 g/mol. The Balaban J connectivity index is 1.75. The molecule has 1 amide bonds. The molecule has 2 aromatic rings. The van der Waals surface area contributed by atoms with E-state index in [9.17, 15) is 13.2 Å². The van der Waals surface area contributed by atoms with Crippen LogP contribution in [0, 0.1) is 0 Å². The van der Waals surface area contributed by atoms with Crippen molar-refractivity contribution in [2.24, 2.45) is 0 Å². The number of rotatable bonds is 9. The highest BCUT2D eigenvalue weighted by Crippen LogP contribution is 2.35. The van der Waals surface area contributed by atoms with Crippen molar-refractivity contribution in [2.75, 3.05) is 30.6 Å². The number of carbonyl (C=O) groups is 1. The van der Waals surface area contributed by atoms with Crippen molar-refractivity contribution in [3.63, 3.8) is 0 Å². The van der Waals surface area contributed by atoms with Gasteiger partial charge in [0.05, 0.1) is 18.0 Å². The van der Waals surface area contributed by atoms with Crippen LogP contribution in [0.4, 0.5) is 5.69 Å². The fourth-order valence-corrected chi connectivity index (χ4v) is 4.69. The Morgan fingerprint density at radius 1 is 1.17 bits per heavy atom. The number of hydrogen-bond acceptors (Lipinski definition) is 5. The molecule has 0 aromatic heterocycles. The lowest BCUT2D eigenvalue weighted by molar-refractivity contribution is -0.127. The van der Waals surface area contributed by atoms with Crippen molar-refractivity contribution in [1.29, 1.82) is 0 Å². The first-order valence-corrected chi connectivity index (χ1v) is 11.3. The molecule has 1 heterocycles. The van der Waals surface area contributed by atoms with Crippen molar-refractivity contribution in [1.82, 2.24) is 5.32 Å². The van der Waals surface area contributed by atoms with Gasteiger partial charge < -0.3 is 14.8 Å². The molecule has 0 spiro atoms. The fraction of sp³-hybridized carbons (Fsp3) is 0.381. The number of ether oxygens (including phenoxy) is 2. The van der Waals surface area contributed by atoms with Gasteiger partial charge in [-0.05, 0) is 31.0 Å².